The van der Waals surface area contributed by atoms with Gasteiger partial charge in [-0.25, -0.2) is 0 Å². The van der Waals surface area contributed by atoms with E-state index in [1.165, 1.54) is 0 Å². The van der Waals surface area contributed by atoms with E-state index in [0.717, 1.165) is 25.2 Å². The summed E-state index contributed by atoms with van der Waals surface area (Å²) < 4.78 is 0. The van der Waals surface area contributed by atoms with Gasteiger partial charge in [0.15, 0.2) is 0 Å². The van der Waals surface area contributed by atoms with Crippen LogP contribution in [0.1, 0.15) is 26.2 Å². The number of carbonyl (C=O) groups is 1. The van der Waals surface area contributed by atoms with Gasteiger partial charge in [-0.1, -0.05) is 12.2 Å². The lowest BCUT2D eigenvalue weighted by Gasteiger charge is -2.00. The van der Waals surface area contributed by atoms with Crippen LogP contribution in [0.2, 0.25) is 0 Å². The fourth-order valence-electron chi connectivity index (χ4n) is 2.18. The standard InChI is InChI=1S/C9H12O/c1-2-5-9-6-7(9)3-4-8(9)10/h2,5,7H,3-4,6H2,1H3/b5-2-. The lowest BCUT2D eigenvalue weighted by atomic mass is 10.0. The van der Waals surface area contributed by atoms with Crippen molar-refractivity contribution in [1.29, 1.82) is 0 Å². The van der Waals surface area contributed by atoms with Crippen molar-refractivity contribution in [2.24, 2.45) is 11.3 Å². The van der Waals surface area contributed by atoms with Crippen LogP contribution in [0, 0.1) is 11.3 Å². The molecule has 54 valence electrons. The summed E-state index contributed by atoms with van der Waals surface area (Å²) in [7, 11) is 0. The molecule has 2 saturated carbocycles. The third-order valence-corrected chi connectivity index (χ3v) is 2.86. The summed E-state index contributed by atoms with van der Waals surface area (Å²) in [5.74, 6) is 1.20. The molecule has 0 bridgehead atoms. The highest BCUT2D eigenvalue weighted by atomic mass is 16.1. The van der Waals surface area contributed by atoms with Gasteiger partial charge in [-0.15, -0.1) is 0 Å². The van der Waals surface area contributed by atoms with Gasteiger partial charge in [0, 0.05) is 6.42 Å². The fraction of sp³-hybridized carbons (Fsp3) is 0.667. The Balaban J connectivity index is 2.25. The van der Waals surface area contributed by atoms with E-state index in [-0.39, 0.29) is 5.41 Å². The van der Waals surface area contributed by atoms with Crippen LogP contribution in [0.15, 0.2) is 12.2 Å². The minimum absolute atomic E-state index is 0.0503. The predicted molar refractivity (Wildman–Crippen MR) is 39.6 cm³/mol. The number of fused-ring (bicyclic) bond motifs is 1. The van der Waals surface area contributed by atoms with Crippen LogP contribution in [-0.4, -0.2) is 5.78 Å². The molecule has 10 heavy (non-hydrogen) atoms. The molecule has 1 heteroatoms. The first-order chi connectivity index (χ1) is 4.79. The summed E-state index contributed by atoms with van der Waals surface area (Å²) in [5, 5.41) is 0. The minimum Gasteiger partial charge on any atom is -0.299 e. The lowest BCUT2D eigenvalue weighted by molar-refractivity contribution is -0.121. The summed E-state index contributed by atoms with van der Waals surface area (Å²) in [4.78, 5) is 11.3. The molecule has 0 aliphatic heterocycles. The largest absolute Gasteiger partial charge is 0.299 e. The van der Waals surface area contributed by atoms with Crippen molar-refractivity contribution in [3.05, 3.63) is 12.2 Å². The van der Waals surface area contributed by atoms with Crippen LogP contribution in [-0.2, 0) is 4.79 Å². The van der Waals surface area contributed by atoms with Crippen LogP contribution < -0.4 is 0 Å². The molecule has 2 aliphatic rings. The van der Waals surface area contributed by atoms with Gasteiger partial charge >= 0.3 is 0 Å². The zero-order chi connectivity index (χ0) is 7.19. The van der Waals surface area contributed by atoms with Gasteiger partial charge in [0.05, 0.1) is 5.41 Å². The average molecular weight is 136 g/mol. The number of hydrogen-bond acceptors (Lipinski definition) is 1. The van der Waals surface area contributed by atoms with Gasteiger partial charge in [0.25, 0.3) is 0 Å². The van der Waals surface area contributed by atoms with E-state index in [4.69, 9.17) is 0 Å². The van der Waals surface area contributed by atoms with E-state index >= 15 is 0 Å². The van der Waals surface area contributed by atoms with Gasteiger partial charge in [0.2, 0.25) is 0 Å². The minimum atomic E-state index is 0.0503. The third kappa shape index (κ3) is 0.556. The number of carbonyl (C=O) groups excluding carboxylic acids is 1. The molecule has 2 aliphatic carbocycles. The molecule has 0 radical (unpaired) electrons. The van der Waals surface area contributed by atoms with Crippen molar-refractivity contribution in [2.45, 2.75) is 26.2 Å². The number of rotatable bonds is 1. The van der Waals surface area contributed by atoms with Crippen molar-refractivity contribution >= 4 is 5.78 Å². The first kappa shape index (κ1) is 6.14. The Morgan fingerprint density at radius 2 is 2.50 bits per heavy atom. The summed E-state index contributed by atoms with van der Waals surface area (Å²) >= 11 is 0. The first-order valence-electron chi connectivity index (χ1n) is 3.97. The van der Waals surface area contributed by atoms with E-state index in [0.29, 0.717) is 5.78 Å². The Bertz CT molecular complexity index is 205. The fourth-order valence-corrected chi connectivity index (χ4v) is 2.18. The Hall–Kier alpha value is -0.590. The third-order valence-electron chi connectivity index (χ3n) is 2.86. The van der Waals surface area contributed by atoms with E-state index in [1.54, 1.807) is 0 Å². The Morgan fingerprint density at radius 3 is 2.90 bits per heavy atom. The van der Waals surface area contributed by atoms with E-state index in [9.17, 15) is 4.79 Å². The topological polar surface area (TPSA) is 17.1 Å². The average Bonchev–Trinajstić information content (AvgIpc) is 2.53. The zero-order valence-electron chi connectivity index (χ0n) is 6.26. The van der Waals surface area contributed by atoms with Crippen LogP contribution in [0.25, 0.3) is 0 Å². The highest BCUT2D eigenvalue weighted by molar-refractivity contribution is 5.92. The van der Waals surface area contributed by atoms with E-state index < -0.39 is 0 Å². The van der Waals surface area contributed by atoms with Gasteiger partial charge in [-0.05, 0) is 25.7 Å². The second-order valence-corrected chi connectivity index (χ2v) is 3.40. The molecule has 0 heterocycles. The maximum Gasteiger partial charge on any atom is 0.143 e. The van der Waals surface area contributed by atoms with Crippen molar-refractivity contribution in [3.63, 3.8) is 0 Å². The molecule has 1 nitrogen and oxygen atoms in total. The van der Waals surface area contributed by atoms with E-state index in [1.807, 2.05) is 13.0 Å². The molecule has 0 amide bonds. The smallest absolute Gasteiger partial charge is 0.143 e. The maximum atomic E-state index is 11.3. The Morgan fingerprint density at radius 1 is 1.70 bits per heavy atom. The number of ketones is 1. The van der Waals surface area contributed by atoms with Crippen molar-refractivity contribution in [1.82, 2.24) is 0 Å². The molecule has 0 aromatic rings. The molecule has 0 N–H and O–H groups in total. The molecule has 0 spiro atoms. The Labute approximate surface area is 61.1 Å². The maximum absolute atomic E-state index is 11.3. The summed E-state index contributed by atoms with van der Waals surface area (Å²) in [6, 6.07) is 0. The molecule has 0 aromatic carbocycles. The molecule has 2 unspecified atom stereocenters. The highest BCUT2D eigenvalue weighted by Crippen LogP contribution is 2.62. The lowest BCUT2D eigenvalue weighted by Crippen LogP contribution is -2.07. The molecular weight excluding hydrogens is 124 g/mol. The molecule has 0 saturated heterocycles. The van der Waals surface area contributed by atoms with Crippen molar-refractivity contribution < 1.29 is 4.79 Å². The predicted octanol–water partition coefficient (Wildman–Crippen LogP) is 1.93. The van der Waals surface area contributed by atoms with Crippen molar-refractivity contribution in [2.75, 3.05) is 0 Å². The summed E-state index contributed by atoms with van der Waals surface area (Å²) in [6.45, 7) is 2.00. The summed E-state index contributed by atoms with van der Waals surface area (Å²) in [5.41, 5.74) is 0.0503. The van der Waals surface area contributed by atoms with Crippen LogP contribution in [0.5, 0.6) is 0 Å². The molecule has 2 rings (SSSR count). The van der Waals surface area contributed by atoms with Crippen LogP contribution in [0.3, 0.4) is 0 Å². The van der Waals surface area contributed by atoms with Gasteiger partial charge < -0.3 is 0 Å². The van der Waals surface area contributed by atoms with Gasteiger partial charge in [0.1, 0.15) is 5.78 Å². The van der Waals surface area contributed by atoms with Crippen LogP contribution >= 0.6 is 0 Å². The number of hydrogen-bond donors (Lipinski definition) is 0. The quantitative estimate of drug-likeness (QED) is 0.503. The van der Waals surface area contributed by atoms with Crippen LogP contribution in [0.4, 0.5) is 0 Å². The van der Waals surface area contributed by atoms with Gasteiger partial charge in [-0.2, -0.15) is 0 Å². The summed E-state index contributed by atoms with van der Waals surface area (Å²) in [6.07, 6.45) is 7.23. The van der Waals surface area contributed by atoms with Crippen molar-refractivity contribution in [3.8, 4) is 0 Å². The second kappa shape index (κ2) is 1.71. The molecular formula is C9H12O. The zero-order valence-corrected chi connectivity index (χ0v) is 6.26. The molecule has 0 aromatic heterocycles. The number of allylic oxidation sites excluding steroid dienone is 2. The SMILES string of the molecule is C/C=C\C12CC1CCC2=O. The molecule has 2 fully saturated rings. The number of Topliss-reactive ketones (excluding diaryl/α,β-unsaturated/α-hetero) is 1. The van der Waals surface area contributed by atoms with E-state index in [2.05, 4.69) is 6.08 Å². The normalized spacial score (nSPS) is 44.5. The second-order valence-electron chi connectivity index (χ2n) is 3.40. The monoisotopic (exact) mass is 136 g/mol. The molecule has 2 atom stereocenters. The first-order valence-corrected chi connectivity index (χ1v) is 3.97. The van der Waals surface area contributed by atoms with Gasteiger partial charge in [-0.3, -0.25) is 4.79 Å². The highest BCUT2D eigenvalue weighted by Gasteiger charge is 2.60. The Kier molecular flexibility index (Phi) is 1.05.